The first-order chi connectivity index (χ1) is 10.1. The summed E-state index contributed by atoms with van der Waals surface area (Å²) in [6.07, 6.45) is 0. The van der Waals surface area contributed by atoms with Crippen molar-refractivity contribution in [3.63, 3.8) is 0 Å². The summed E-state index contributed by atoms with van der Waals surface area (Å²) in [6.45, 7) is 7.34. The second kappa shape index (κ2) is 7.95. The zero-order chi connectivity index (χ0) is 15.2. The van der Waals surface area contributed by atoms with Gasteiger partial charge >= 0.3 is 0 Å². The summed E-state index contributed by atoms with van der Waals surface area (Å²) in [5.41, 5.74) is 2.65. The first-order valence-corrected chi connectivity index (χ1v) is 8.53. The molecule has 1 atom stereocenters. The highest BCUT2D eigenvalue weighted by atomic mass is 35.5. The molecule has 1 aromatic carbocycles. The van der Waals surface area contributed by atoms with Gasteiger partial charge < -0.3 is 5.32 Å². The Balaban J connectivity index is 1.76. The van der Waals surface area contributed by atoms with E-state index < -0.39 is 0 Å². The Kier molecular flexibility index (Phi) is 6.24. The van der Waals surface area contributed by atoms with Gasteiger partial charge in [0.05, 0.1) is 0 Å². The third kappa shape index (κ3) is 4.82. The van der Waals surface area contributed by atoms with Gasteiger partial charge in [0.15, 0.2) is 0 Å². The highest BCUT2D eigenvalue weighted by molar-refractivity contribution is 7.10. The summed E-state index contributed by atoms with van der Waals surface area (Å²) in [6, 6.07) is 10.7. The van der Waals surface area contributed by atoms with E-state index in [1.165, 1.54) is 16.0 Å². The van der Waals surface area contributed by atoms with Gasteiger partial charge in [0.25, 0.3) is 0 Å². The molecule has 1 heterocycles. The number of likely N-dealkylation sites (N-methyl/N-ethyl adjacent to an activating group) is 1. The van der Waals surface area contributed by atoms with Crippen LogP contribution in [0.25, 0.3) is 0 Å². The van der Waals surface area contributed by atoms with Gasteiger partial charge in [-0.2, -0.15) is 0 Å². The van der Waals surface area contributed by atoms with Gasteiger partial charge in [0, 0.05) is 35.6 Å². The molecule has 2 aromatic rings. The molecule has 2 rings (SSSR count). The molecule has 4 heteroatoms. The molecule has 1 N–H and O–H groups in total. The molecule has 0 saturated carbocycles. The van der Waals surface area contributed by atoms with Crippen molar-refractivity contribution >= 4 is 22.9 Å². The van der Waals surface area contributed by atoms with Crippen molar-refractivity contribution in [2.24, 2.45) is 0 Å². The molecule has 0 saturated heterocycles. The fraction of sp³-hybridized carbons (Fsp3) is 0.412. The van der Waals surface area contributed by atoms with Gasteiger partial charge in [-0.05, 0) is 55.6 Å². The van der Waals surface area contributed by atoms with Crippen molar-refractivity contribution < 1.29 is 0 Å². The fourth-order valence-corrected chi connectivity index (χ4v) is 3.33. The Morgan fingerprint density at radius 2 is 2.14 bits per heavy atom. The van der Waals surface area contributed by atoms with E-state index in [2.05, 4.69) is 48.6 Å². The van der Waals surface area contributed by atoms with Crippen LogP contribution in [-0.4, -0.2) is 25.0 Å². The van der Waals surface area contributed by atoms with Crippen LogP contribution in [0.5, 0.6) is 0 Å². The molecule has 2 nitrogen and oxygen atoms in total. The molecule has 0 bridgehead atoms. The maximum atomic E-state index is 6.06. The fourth-order valence-electron chi connectivity index (χ4n) is 2.26. The molecule has 0 aliphatic heterocycles. The molecular formula is C17H23ClN2S. The van der Waals surface area contributed by atoms with E-state index >= 15 is 0 Å². The van der Waals surface area contributed by atoms with Crippen LogP contribution < -0.4 is 5.32 Å². The number of hydrogen-bond acceptors (Lipinski definition) is 3. The van der Waals surface area contributed by atoms with Gasteiger partial charge in [0.1, 0.15) is 0 Å². The van der Waals surface area contributed by atoms with Crippen LogP contribution in [0.15, 0.2) is 35.7 Å². The third-order valence-corrected chi connectivity index (χ3v) is 5.15. The van der Waals surface area contributed by atoms with Gasteiger partial charge in [-0.3, -0.25) is 4.90 Å². The monoisotopic (exact) mass is 322 g/mol. The minimum Gasteiger partial charge on any atom is -0.311 e. The first-order valence-electron chi connectivity index (χ1n) is 7.27. The largest absolute Gasteiger partial charge is 0.311 e. The number of hydrogen-bond donors (Lipinski definition) is 1. The maximum Gasteiger partial charge on any atom is 0.0409 e. The number of rotatable bonds is 7. The lowest BCUT2D eigenvalue weighted by molar-refractivity contribution is 0.261. The quantitative estimate of drug-likeness (QED) is 0.755. The van der Waals surface area contributed by atoms with Gasteiger partial charge in [0.2, 0.25) is 0 Å². The van der Waals surface area contributed by atoms with Crippen molar-refractivity contribution in [2.45, 2.75) is 26.4 Å². The summed E-state index contributed by atoms with van der Waals surface area (Å²) in [4.78, 5) is 3.78. The Morgan fingerprint density at radius 3 is 2.81 bits per heavy atom. The predicted octanol–water partition coefficient (Wildman–Crippen LogP) is 4.49. The summed E-state index contributed by atoms with van der Waals surface area (Å²) < 4.78 is 0. The van der Waals surface area contributed by atoms with Crippen LogP contribution in [0.1, 0.15) is 29.0 Å². The molecule has 1 aromatic heterocycles. The normalized spacial score (nSPS) is 12.8. The molecule has 0 amide bonds. The Bertz CT molecular complexity index is 567. The van der Waals surface area contributed by atoms with E-state index in [0.29, 0.717) is 6.04 Å². The average Bonchev–Trinajstić information content (AvgIpc) is 2.88. The lowest BCUT2D eigenvalue weighted by Gasteiger charge is -2.25. The Morgan fingerprint density at radius 1 is 1.33 bits per heavy atom. The number of nitrogens with zero attached hydrogens (tertiary/aromatic N) is 1. The van der Waals surface area contributed by atoms with Crippen molar-refractivity contribution in [3.8, 4) is 0 Å². The van der Waals surface area contributed by atoms with Crippen molar-refractivity contribution in [1.29, 1.82) is 0 Å². The molecule has 0 radical (unpaired) electrons. The van der Waals surface area contributed by atoms with Gasteiger partial charge in [-0.15, -0.1) is 11.3 Å². The van der Waals surface area contributed by atoms with Gasteiger partial charge in [-0.25, -0.2) is 0 Å². The second-order valence-corrected chi connectivity index (χ2v) is 6.85. The SMILES string of the molecule is Cc1ccsc1CNCCN(C)C(C)c1cccc(Cl)c1. The number of nitrogens with one attached hydrogen (secondary N) is 1. The van der Waals surface area contributed by atoms with E-state index in [4.69, 9.17) is 11.6 Å². The van der Waals surface area contributed by atoms with Crippen LogP contribution >= 0.6 is 22.9 Å². The van der Waals surface area contributed by atoms with Crippen LogP contribution in [0.4, 0.5) is 0 Å². The van der Waals surface area contributed by atoms with Crippen molar-refractivity contribution in [3.05, 3.63) is 56.7 Å². The lowest BCUT2D eigenvalue weighted by atomic mass is 10.1. The second-order valence-electron chi connectivity index (χ2n) is 5.42. The van der Waals surface area contributed by atoms with Gasteiger partial charge in [-0.1, -0.05) is 23.7 Å². The first kappa shape index (κ1) is 16.5. The third-order valence-electron chi connectivity index (χ3n) is 3.89. The minimum atomic E-state index is 0.369. The Hall–Kier alpha value is -0.870. The number of aryl methyl sites for hydroxylation is 1. The standard InChI is InChI=1S/C17H23ClN2S/c1-13-7-10-21-17(13)12-19-8-9-20(3)14(2)15-5-4-6-16(18)11-15/h4-7,10-11,14,19H,8-9,12H2,1-3H3. The molecule has 1 unspecified atom stereocenters. The van der Waals surface area contributed by atoms with Crippen molar-refractivity contribution in [1.82, 2.24) is 10.2 Å². The van der Waals surface area contributed by atoms with Crippen LogP contribution in [0.2, 0.25) is 5.02 Å². The summed E-state index contributed by atoms with van der Waals surface area (Å²) in [5.74, 6) is 0. The summed E-state index contributed by atoms with van der Waals surface area (Å²) in [5, 5.41) is 6.48. The average molecular weight is 323 g/mol. The Labute approximate surface area is 136 Å². The summed E-state index contributed by atoms with van der Waals surface area (Å²) >= 11 is 7.88. The molecule has 0 fully saturated rings. The topological polar surface area (TPSA) is 15.3 Å². The maximum absolute atomic E-state index is 6.06. The molecule has 0 aliphatic carbocycles. The minimum absolute atomic E-state index is 0.369. The van der Waals surface area contributed by atoms with E-state index in [1.807, 2.05) is 29.5 Å². The molecule has 0 aliphatic rings. The predicted molar refractivity (Wildman–Crippen MR) is 93.3 cm³/mol. The van der Waals surface area contributed by atoms with E-state index in [9.17, 15) is 0 Å². The highest BCUT2D eigenvalue weighted by Gasteiger charge is 2.11. The summed E-state index contributed by atoms with van der Waals surface area (Å²) in [7, 11) is 2.16. The van der Waals surface area contributed by atoms with E-state index in [1.54, 1.807) is 0 Å². The smallest absolute Gasteiger partial charge is 0.0409 e. The van der Waals surface area contributed by atoms with Crippen LogP contribution in [-0.2, 0) is 6.54 Å². The zero-order valence-corrected chi connectivity index (χ0v) is 14.5. The number of halogens is 1. The number of benzene rings is 1. The zero-order valence-electron chi connectivity index (χ0n) is 12.9. The lowest BCUT2D eigenvalue weighted by Crippen LogP contribution is -2.31. The molecular weight excluding hydrogens is 300 g/mol. The van der Waals surface area contributed by atoms with E-state index in [0.717, 1.165) is 24.7 Å². The van der Waals surface area contributed by atoms with E-state index in [-0.39, 0.29) is 0 Å². The molecule has 114 valence electrons. The van der Waals surface area contributed by atoms with Crippen LogP contribution in [0.3, 0.4) is 0 Å². The van der Waals surface area contributed by atoms with Crippen molar-refractivity contribution in [2.75, 3.05) is 20.1 Å². The highest BCUT2D eigenvalue weighted by Crippen LogP contribution is 2.21. The van der Waals surface area contributed by atoms with Crippen LogP contribution in [0, 0.1) is 6.92 Å². The number of thiophene rings is 1. The molecule has 0 spiro atoms. The molecule has 21 heavy (non-hydrogen) atoms.